The van der Waals surface area contributed by atoms with E-state index in [1.165, 1.54) is 24.3 Å². The van der Waals surface area contributed by atoms with Crippen molar-refractivity contribution in [2.45, 2.75) is 26.2 Å². The lowest BCUT2D eigenvalue weighted by Crippen LogP contribution is -2.27. The summed E-state index contributed by atoms with van der Waals surface area (Å²) in [5.41, 5.74) is 1.71. The zero-order chi connectivity index (χ0) is 15.7. The molecule has 1 amide bonds. The van der Waals surface area contributed by atoms with Crippen LogP contribution >= 0.6 is 0 Å². The standard InChI is InChI=1S/C14H17NO6/c1-2-3-6-10(16)9-20-21-15-13(17)11-7-4-5-8-12(11)14(18)19/h4-5,7-8H,2-3,6,9H2,1H3,(H,15,17)(H,18,19). The molecule has 7 nitrogen and oxygen atoms in total. The molecular formula is C14H17NO6. The number of carbonyl (C=O) groups is 3. The Morgan fingerprint density at radius 3 is 2.48 bits per heavy atom. The van der Waals surface area contributed by atoms with Gasteiger partial charge in [-0.15, -0.1) is 4.99 Å². The number of unbranched alkanes of at least 4 members (excludes halogenated alkanes) is 1. The molecule has 0 saturated carbocycles. The second-order valence-electron chi connectivity index (χ2n) is 4.27. The zero-order valence-corrected chi connectivity index (χ0v) is 11.6. The second kappa shape index (κ2) is 8.83. The Morgan fingerprint density at radius 1 is 1.19 bits per heavy atom. The SMILES string of the molecule is CCCCC(=O)COONC(=O)c1ccccc1C(=O)O. The minimum Gasteiger partial charge on any atom is -0.478 e. The van der Waals surface area contributed by atoms with Gasteiger partial charge in [-0.25, -0.2) is 9.68 Å². The molecule has 0 atom stereocenters. The Bertz CT molecular complexity index is 514. The first-order chi connectivity index (χ1) is 10.1. The lowest BCUT2D eigenvalue weighted by atomic mass is 10.1. The predicted octanol–water partition coefficient (Wildman–Crippen LogP) is 1.74. The third-order valence-electron chi connectivity index (χ3n) is 2.62. The quantitative estimate of drug-likeness (QED) is 0.409. The van der Waals surface area contributed by atoms with E-state index in [1.807, 2.05) is 12.4 Å². The third kappa shape index (κ3) is 5.72. The van der Waals surface area contributed by atoms with Gasteiger partial charge in [-0.2, -0.15) is 5.48 Å². The molecule has 0 unspecified atom stereocenters. The molecule has 0 radical (unpaired) electrons. The highest BCUT2D eigenvalue weighted by Gasteiger charge is 2.16. The van der Waals surface area contributed by atoms with Crippen LogP contribution in [-0.4, -0.2) is 29.4 Å². The summed E-state index contributed by atoms with van der Waals surface area (Å²) in [6.07, 6.45) is 2.05. The molecule has 1 rings (SSSR count). The number of carbonyl (C=O) groups excluding carboxylic acids is 2. The van der Waals surface area contributed by atoms with E-state index in [-0.39, 0.29) is 23.5 Å². The molecule has 0 aromatic heterocycles. The van der Waals surface area contributed by atoms with E-state index in [0.29, 0.717) is 6.42 Å². The molecule has 0 aliphatic carbocycles. The predicted molar refractivity (Wildman–Crippen MR) is 72.4 cm³/mol. The van der Waals surface area contributed by atoms with Crippen LogP contribution in [0.5, 0.6) is 0 Å². The fraction of sp³-hybridized carbons (Fsp3) is 0.357. The number of carboxylic acids is 1. The maximum atomic E-state index is 11.7. The van der Waals surface area contributed by atoms with Crippen LogP contribution in [0, 0.1) is 0 Å². The number of Topliss-reactive ketones (excluding diaryl/α,β-unsaturated/α-hetero) is 1. The van der Waals surface area contributed by atoms with Crippen LogP contribution in [0.2, 0.25) is 0 Å². The molecule has 0 aliphatic heterocycles. The Labute approximate surface area is 121 Å². The number of hydroxylamine groups is 1. The van der Waals surface area contributed by atoms with E-state index in [0.717, 1.165) is 12.8 Å². The monoisotopic (exact) mass is 295 g/mol. The Morgan fingerprint density at radius 2 is 1.86 bits per heavy atom. The lowest BCUT2D eigenvalue weighted by Gasteiger charge is -2.06. The van der Waals surface area contributed by atoms with Crippen molar-refractivity contribution in [3.63, 3.8) is 0 Å². The number of carboxylic acid groups (broad SMARTS) is 1. The molecule has 2 N–H and O–H groups in total. The van der Waals surface area contributed by atoms with Gasteiger partial charge in [0.25, 0.3) is 5.91 Å². The fourth-order valence-electron chi connectivity index (χ4n) is 1.53. The fourth-order valence-corrected chi connectivity index (χ4v) is 1.53. The van der Waals surface area contributed by atoms with Crippen molar-refractivity contribution >= 4 is 17.7 Å². The summed E-state index contributed by atoms with van der Waals surface area (Å²) in [5.74, 6) is -2.14. The van der Waals surface area contributed by atoms with Gasteiger partial charge in [-0.3, -0.25) is 9.59 Å². The Kier molecular flexibility index (Phi) is 7.06. The van der Waals surface area contributed by atoms with Crippen LogP contribution in [0.25, 0.3) is 0 Å². The topological polar surface area (TPSA) is 102 Å². The van der Waals surface area contributed by atoms with Crippen molar-refractivity contribution in [1.82, 2.24) is 5.48 Å². The van der Waals surface area contributed by atoms with E-state index in [4.69, 9.17) is 5.11 Å². The van der Waals surface area contributed by atoms with E-state index in [9.17, 15) is 14.4 Å². The smallest absolute Gasteiger partial charge is 0.336 e. The minimum atomic E-state index is -1.23. The van der Waals surface area contributed by atoms with E-state index >= 15 is 0 Å². The highest BCUT2D eigenvalue weighted by molar-refractivity contribution is 6.04. The summed E-state index contributed by atoms with van der Waals surface area (Å²) >= 11 is 0. The average Bonchev–Trinajstić information content (AvgIpc) is 2.49. The molecule has 7 heteroatoms. The van der Waals surface area contributed by atoms with Crippen LogP contribution in [0.1, 0.15) is 46.9 Å². The van der Waals surface area contributed by atoms with Crippen molar-refractivity contribution in [2.24, 2.45) is 0 Å². The molecule has 1 aromatic carbocycles. The molecule has 0 saturated heterocycles. The van der Waals surface area contributed by atoms with Gasteiger partial charge in [0.15, 0.2) is 5.78 Å². The van der Waals surface area contributed by atoms with Crippen LogP contribution in [0.15, 0.2) is 24.3 Å². The largest absolute Gasteiger partial charge is 0.478 e. The summed E-state index contributed by atoms with van der Waals surface area (Å²) in [5, 5.41) is 8.94. The van der Waals surface area contributed by atoms with Crippen molar-refractivity contribution < 1.29 is 29.4 Å². The number of amides is 1. The highest BCUT2D eigenvalue weighted by atomic mass is 17.3. The summed E-state index contributed by atoms with van der Waals surface area (Å²) in [6, 6.07) is 5.67. The maximum absolute atomic E-state index is 11.7. The van der Waals surface area contributed by atoms with Gasteiger partial charge in [0.2, 0.25) is 0 Å². The first-order valence-electron chi connectivity index (χ1n) is 6.49. The van der Waals surface area contributed by atoms with Crippen molar-refractivity contribution in [3.05, 3.63) is 35.4 Å². The normalized spacial score (nSPS) is 10.1. The van der Waals surface area contributed by atoms with Gasteiger partial charge in [-0.05, 0) is 18.6 Å². The molecule has 1 aromatic rings. The summed E-state index contributed by atoms with van der Waals surface area (Å²) < 4.78 is 0. The minimum absolute atomic E-state index is 0.0640. The average molecular weight is 295 g/mol. The molecular weight excluding hydrogens is 278 g/mol. The maximum Gasteiger partial charge on any atom is 0.336 e. The molecule has 114 valence electrons. The van der Waals surface area contributed by atoms with Crippen molar-refractivity contribution in [2.75, 3.05) is 6.61 Å². The van der Waals surface area contributed by atoms with Crippen LogP contribution in [0.4, 0.5) is 0 Å². The van der Waals surface area contributed by atoms with E-state index in [2.05, 4.69) is 9.88 Å². The molecule has 0 bridgehead atoms. The van der Waals surface area contributed by atoms with Crippen molar-refractivity contribution in [1.29, 1.82) is 0 Å². The third-order valence-corrected chi connectivity index (χ3v) is 2.62. The van der Waals surface area contributed by atoms with Gasteiger partial charge in [0.05, 0.1) is 11.1 Å². The second-order valence-corrected chi connectivity index (χ2v) is 4.27. The van der Waals surface area contributed by atoms with Crippen LogP contribution in [-0.2, 0) is 14.7 Å². The number of rotatable bonds is 9. The molecule has 0 heterocycles. The van der Waals surface area contributed by atoms with Crippen LogP contribution < -0.4 is 5.48 Å². The molecule has 0 fully saturated rings. The molecule has 21 heavy (non-hydrogen) atoms. The van der Waals surface area contributed by atoms with Crippen LogP contribution in [0.3, 0.4) is 0 Å². The number of hydrogen-bond acceptors (Lipinski definition) is 5. The number of nitrogens with one attached hydrogen (secondary N) is 1. The van der Waals surface area contributed by atoms with Gasteiger partial charge >= 0.3 is 5.97 Å². The van der Waals surface area contributed by atoms with Gasteiger partial charge in [0, 0.05) is 6.42 Å². The highest BCUT2D eigenvalue weighted by Crippen LogP contribution is 2.08. The number of benzene rings is 1. The number of aromatic carboxylic acids is 1. The Balaban J connectivity index is 2.41. The van der Waals surface area contributed by atoms with E-state index in [1.54, 1.807) is 0 Å². The summed E-state index contributed by atoms with van der Waals surface area (Å²) in [7, 11) is 0. The summed E-state index contributed by atoms with van der Waals surface area (Å²) in [6.45, 7) is 1.69. The van der Waals surface area contributed by atoms with E-state index < -0.39 is 11.9 Å². The molecule has 0 spiro atoms. The molecule has 0 aliphatic rings. The first-order valence-corrected chi connectivity index (χ1v) is 6.49. The Hall–Kier alpha value is -2.25. The zero-order valence-electron chi connectivity index (χ0n) is 11.6. The number of hydrogen-bond donors (Lipinski definition) is 2. The summed E-state index contributed by atoms with van der Waals surface area (Å²) in [4.78, 5) is 42.9. The first kappa shape index (κ1) is 16.8. The lowest BCUT2D eigenvalue weighted by molar-refractivity contribution is -0.318. The number of ketones is 1. The van der Waals surface area contributed by atoms with Gasteiger partial charge in [0.1, 0.15) is 6.61 Å². The van der Waals surface area contributed by atoms with Crippen molar-refractivity contribution in [3.8, 4) is 0 Å². The van der Waals surface area contributed by atoms with Gasteiger partial charge < -0.3 is 5.11 Å². The van der Waals surface area contributed by atoms with Gasteiger partial charge in [-0.1, -0.05) is 25.5 Å².